The fourth-order valence-corrected chi connectivity index (χ4v) is 4.29. The summed E-state index contributed by atoms with van der Waals surface area (Å²) in [6.07, 6.45) is 7.19. The minimum absolute atomic E-state index is 0.0436. The molecule has 1 aromatic carbocycles. The summed E-state index contributed by atoms with van der Waals surface area (Å²) in [5.41, 5.74) is 2.35. The molecule has 3 N–H and O–H groups in total. The van der Waals surface area contributed by atoms with Crippen molar-refractivity contribution >= 4 is 29.4 Å². The van der Waals surface area contributed by atoms with Crippen molar-refractivity contribution in [3.05, 3.63) is 65.3 Å². The van der Waals surface area contributed by atoms with Crippen molar-refractivity contribution in [1.82, 2.24) is 20.8 Å². The van der Waals surface area contributed by atoms with Crippen LogP contribution in [0.4, 0.5) is 8.78 Å². The Hall–Kier alpha value is -3.82. The summed E-state index contributed by atoms with van der Waals surface area (Å²) in [4.78, 5) is 23.4. The molecular formula is C24H26F2N6O2. The van der Waals surface area contributed by atoms with E-state index in [0.717, 1.165) is 42.1 Å². The summed E-state index contributed by atoms with van der Waals surface area (Å²) in [6.45, 7) is 5.27. The SMILES string of the molecule is C=N/C=C(/F)C(=NCc1c[nH]c2c(C)cc(F)cc12)N[C@H]1CCC[C@@H](NC(=O)c2ccno2)C1. The van der Waals surface area contributed by atoms with Crippen molar-refractivity contribution < 1.29 is 18.1 Å². The van der Waals surface area contributed by atoms with Gasteiger partial charge in [-0.3, -0.25) is 14.8 Å². The number of H-pyrrole nitrogens is 1. The van der Waals surface area contributed by atoms with Crippen LogP contribution in [0.5, 0.6) is 0 Å². The van der Waals surface area contributed by atoms with Gasteiger partial charge in [-0.05, 0) is 62.6 Å². The minimum Gasteiger partial charge on any atom is -0.365 e. The van der Waals surface area contributed by atoms with E-state index in [-0.39, 0.29) is 41.9 Å². The first kappa shape index (κ1) is 23.3. The molecule has 34 heavy (non-hydrogen) atoms. The maximum Gasteiger partial charge on any atom is 0.290 e. The van der Waals surface area contributed by atoms with E-state index in [1.54, 1.807) is 6.20 Å². The van der Waals surface area contributed by atoms with Gasteiger partial charge < -0.3 is 20.1 Å². The van der Waals surface area contributed by atoms with Crippen molar-refractivity contribution in [1.29, 1.82) is 0 Å². The van der Waals surface area contributed by atoms with Gasteiger partial charge in [0.25, 0.3) is 5.91 Å². The van der Waals surface area contributed by atoms with Gasteiger partial charge in [0.1, 0.15) is 5.82 Å². The van der Waals surface area contributed by atoms with Crippen LogP contribution in [0.3, 0.4) is 0 Å². The summed E-state index contributed by atoms with van der Waals surface area (Å²) in [6, 6.07) is 4.18. The molecule has 10 heteroatoms. The van der Waals surface area contributed by atoms with Crippen LogP contribution < -0.4 is 10.6 Å². The zero-order valence-electron chi connectivity index (χ0n) is 18.8. The van der Waals surface area contributed by atoms with Crippen LogP contribution in [0.25, 0.3) is 10.9 Å². The molecule has 3 aromatic rings. The highest BCUT2D eigenvalue weighted by molar-refractivity contribution is 5.97. The molecular weight excluding hydrogens is 442 g/mol. The van der Waals surface area contributed by atoms with Gasteiger partial charge in [-0.2, -0.15) is 0 Å². The molecule has 2 heterocycles. The fraction of sp³-hybridized carbons (Fsp3) is 0.333. The quantitative estimate of drug-likeness (QED) is 0.354. The van der Waals surface area contributed by atoms with Crippen LogP contribution in [0.15, 0.2) is 57.1 Å². The maximum absolute atomic E-state index is 14.8. The van der Waals surface area contributed by atoms with Crippen molar-refractivity contribution in [3.8, 4) is 0 Å². The van der Waals surface area contributed by atoms with E-state index in [1.807, 2.05) is 6.92 Å². The highest BCUT2D eigenvalue weighted by atomic mass is 19.1. The first-order valence-electron chi connectivity index (χ1n) is 11.0. The van der Waals surface area contributed by atoms with E-state index in [1.165, 1.54) is 24.4 Å². The molecule has 4 rings (SSSR count). The number of amides is 1. The summed E-state index contributed by atoms with van der Waals surface area (Å²) in [5.74, 6) is -1.13. The topological polar surface area (TPSA) is 108 Å². The van der Waals surface area contributed by atoms with Crippen LogP contribution in [0.2, 0.25) is 0 Å². The summed E-state index contributed by atoms with van der Waals surface area (Å²) < 4.78 is 33.6. The third kappa shape index (κ3) is 5.38. The fourth-order valence-electron chi connectivity index (χ4n) is 4.29. The standard InChI is InChI=1S/C24H26F2N6O2/c1-14-8-16(25)9-19-15(11-28-22(14)19)12-29-23(20(26)13-27-2)31-17-4-3-5-18(10-17)32-24(33)21-6-7-30-34-21/h6-9,11,13,17-18,28H,2-5,10,12H2,1H3,(H,29,31)(H,32,33)/b20-13+/t17-,18+/m0/s1. The van der Waals surface area contributed by atoms with Crippen LogP contribution in [-0.2, 0) is 6.54 Å². The van der Waals surface area contributed by atoms with Crippen molar-refractivity contribution in [3.63, 3.8) is 0 Å². The molecule has 2 aromatic heterocycles. The number of hydrogen-bond donors (Lipinski definition) is 3. The first-order chi connectivity index (χ1) is 16.4. The Morgan fingerprint density at radius 2 is 2.15 bits per heavy atom. The number of nitrogens with one attached hydrogen (secondary N) is 3. The van der Waals surface area contributed by atoms with Gasteiger partial charge in [-0.15, -0.1) is 0 Å². The number of nitrogens with zero attached hydrogens (tertiary/aromatic N) is 3. The van der Waals surface area contributed by atoms with E-state index < -0.39 is 5.83 Å². The van der Waals surface area contributed by atoms with Gasteiger partial charge in [0.05, 0.1) is 18.9 Å². The number of hydrogen-bond acceptors (Lipinski definition) is 5. The van der Waals surface area contributed by atoms with Gasteiger partial charge in [0.2, 0.25) is 5.76 Å². The lowest BCUT2D eigenvalue weighted by Crippen LogP contribution is -2.46. The van der Waals surface area contributed by atoms with Crippen LogP contribution in [0, 0.1) is 12.7 Å². The number of fused-ring (bicyclic) bond motifs is 1. The van der Waals surface area contributed by atoms with Gasteiger partial charge in [0.15, 0.2) is 11.7 Å². The Bertz CT molecular complexity index is 1230. The van der Waals surface area contributed by atoms with Crippen molar-refractivity contribution in [2.75, 3.05) is 0 Å². The van der Waals surface area contributed by atoms with E-state index in [4.69, 9.17) is 4.52 Å². The Morgan fingerprint density at radius 3 is 2.88 bits per heavy atom. The lowest BCUT2D eigenvalue weighted by Gasteiger charge is -2.30. The molecule has 0 bridgehead atoms. The smallest absolute Gasteiger partial charge is 0.290 e. The van der Waals surface area contributed by atoms with E-state index in [2.05, 4.69) is 37.5 Å². The van der Waals surface area contributed by atoms with Crippen LogP contribution in [-0.4, -0.2) is 40.7 Å². The molecule has 0 unspecified atom stereocenters. The zero-order valence-corrected chi connectivity index (χ0v) is 18.8. The molecule has 1 aliphatic rings. The predicted molar refractivity (Wildman–Crippen MR) is 126 cm³/mol. The predicted octanol–water partition coefficient (Wildman–Crippen LogP) is 4.34. The molecule has 1 amide bonds. The van der Waals surface area contributed by atoms with E-state index in [0.29, 0.717) is 11.8 Å². The molecule has 0 aliphatic heterocycles. The number of carbonyl (C=O) groups is 1. The molecule has 2 atom stereocenters. The number of halogens is 2. The van der Waals surface area contributed by atoms with Gasteiger partial charge in [-0.1, -0.05) is 5.16 Å². The second kappa shape index (κ2) is 10.4. The number of aromatic amines is 1. The van der Waals surface area contributed by atoms with Crippen LogP contribution >= 0.6 is 0 Å². The Morgan fingerprint density at radius 1 is 1.35 bits per heavy atom. The Kier molecular flexibility index (Phi) is 7.15. The molecule has 0 radical (unpaired) electrons. The van der Waals surface area contributed by atoms with E-state index in [9.17, 15) is 13.6 Å². The highest BCUT2D eigenvalue weighted by Crippen LogP contribution is 2.24. The van der Waals surface area contributed by atoms with Gasteiger partial charge in [0, 0.05) is 35.2 Å². The van der Waals surface area contributed by atoms with Crippen molar-refractivity contribution in [2.45, 2.75) is 51.2 Å². The second-order valence-electron chi connectivity index (χ2n) is 8.34. The highest BCUT2D eigenvalue weighted by Gasteiger charge is 2.26. The number of aliphatic imine (C=N–C) groups is 2. The molecule has 0 spiro atoms. The zero-order chi connectivity index (χ0) is 24.1. The number of benzene rings is 1. The normalized spacial score (nSPS) is 19.3. The summed E-state index contributed by atoms with van der Waals surface area (Å²) >= 11 is 0. The average Bonchev–Trinajstić information content (AvgIpc) is 3.48. The van der Waals surface area contributed by atoms with Gasteiger partial charge >= 0.3 is 0 Å². The summed E-state index contributed by atoms with van der Waals surface area (Å²) in [5, 5.41) is 10.4. The number of carbonyl (C=O) groups excluding carboxylic acids is 1. The van der Waals surface area contributed by atoms with Gasteiger partial charge in [-0.25, -0.2) is 8.78 Å². The number of rotatable bonds is 7. The second-order valence-corrected chi connectivity index (χ2v) is 8.34. The Balaban J connectivity index is 1.48. The largest absolute Gasteiger partial charge is 0.365 e. The molecule has 178 valence electrons. The monoisotopic (exact) mass is 468 g/mol. The molecule has 8 nitrogen and oxygen atoms in total. The third-order valence-electron chi connectivity index (χ3n) is 5.89. The lowest BCUT2D eigenvalue weighted by atomic mass is 9.90. The molecule has 1 fully saturated rings. The minimum atomic E-state index is -0.648. The molecule has 1 aliphatic carbocycles. The number of aryl methyl sites for hydroxylation is 1. The van der Waals surface area contributed by atoms with E-state index >= 15 is 0 Å². The Labute approximate surface area is 195 Å². The maximum atomic E-state index is 14.8. The molecule has 0 saturated heterocycles. The third-order valence-corrected chi connectivity index (χ3v) is 5.89. The first-order valence-corrected chi connectivity index (χ1v) is 11.0. The molecule has 1 saturated carbocycles. The number of amidine groups is 1. The number of aromatic nitrogens is 2. The summed E-state index contributed by atoms with van der Waals surface area (Å²) in [7, 11) is 0. The van der Waals surface area contributed by atoms with Crippen LogP contribution in [0.1, 0.15) is 47.4 Å². The van der Waals surface area contributed by atoms with Crippen molar-refractivity contribution in [2.24, 2.45) is 9.98 Å². The average molecular weight is 469 g/mol. The lowest BCUT2D eigenvalue weighted by molar-refractivity contribution is 0.0887.